The molecule has 1 aliphatic heterocycles. The van der Waals surface area contributed by atoms with Crippen molar-refractivity contribution >= 4 is 23.5 Å². The number of carboxylic acids is 1. The standard InChI is InChI=1S/C18H24ClFN2O3/c1-11(2)9-22(10-12-3-5-15(20)14(19)7-12)17(23)13-4-6-16(18(24)25)21-8-13/h3,5,7,11,13,16,21H,4,6,8-10H2,1-2H3,(H,24,25). The van der Waals surface area contributed by atoms with Crippen molar-refractivity contribution in [3.05, 3.63) is 34.6 Å². The zero-order chi connectivity index (χ0) is 18.6. The number of hydrogen-bond acceptors (Lipinski definition) is 3. The summed E-state index contributed by atoms with van der Waals surface area (Å²) in [6.45, 7) is 5.34. The van der Waals surface area contributed by atoms with E-state index in [9.17, 15) is 14.0 Å². The van der Waals surface area contributed by atoms with Gasteiger partial charge in [0.05, 0.1) is 10.9 Å². The van der Waals surface area contributed by atoms with E-state index >= 15 is 0 Å². The van der Waals surface area contributed by atoms with Crippen LogP contribution in [0.5, 0.6) is 0 Å². The van der Waals surface area contributed by atoms with E-state index in [0.717, 1.165) is 5.56 Å². The lowest BCUT2D eigenvalue weighted by Gasteiger charge is -2.32. The van der Waals surface area contributed by atoms with E-state index < -0.39 is 17.8 Å². The van der Waals surface area contributed by atoms with Crippen LogP contribution >= 0.6 is 11.6 Å². The number of amides is 1. The van der Waals surface area contributed by atoms with E-state index in [1.807, 2.05) is 13.8 Å². The maximum absolute atomic E-state index is 13.3. The Bertz CT molecular complexity index is 631. The predicted molar refractivity (Wildman–Crippen MR) is 93.8 cm³/mol. The third-order valence-electron chi connectivity index (χ3n) is 4.32. The number of piperidine rings is 1. The highest BCUT2D eigenvalue weighted by Crippen LogP contribution is 2.21. The molecular weight excluding hydrogens is 347 g/mol. The molecule has 1 aromatic rings. The Balaban J connectivity index is 2.07. The summed E-state index contributed by atoms with van der Waals surface area (Å²) in [7, 11) is 0. The number of carbonyl (C=O) groups is 2. The number of benzene rings is 1. The van der Waals surface area contributed by atoms with Gasteiger partial charge in [-0.15, -0.1) is 0 Å². The SMILES string of the molecule is CC(C)CN(Cc1ccc(F)c(Cl)c1)C(=O)C1CCC(C(=O)O)NC1. The second-order valence-corrected chi connectivity index (χ2v) is 7.34. The van der Waals surface area contributed by atoms with E-state index in [4.69, 9.17) is 16.7 Å². The van der Waals surface area contributed by atoms with E-state index in [1.54, 1.807) is 11.0 Å². The number of halogens is 2. The highest BCUT2D eigenvalue weighted by molar-refractivity contribution is 6.30. The minimum atomic E-state index is -0.883. The highest BCUT2D eigenvalue weighted by Gasteiger charge is 2.32. The van der Waals surface area contributed by atoms with Gasteiger partial charge in [-0.05, 0) is 36.5 Å². The lowest BCUT2D eigenvalue weighted by Crippen LogP contribution is -2.49. The molecule has 2 unspecified atom stereocenters. The Labute approximate surface area is 152 Å². The van der Waals surface area contributed by atoms with Crippen LogP contribution in [0.15, 0.2) is 18.2 Å². The van der Waals surface area contributed by atoms with E-state index in [2.05, 4.69) is 5.32 Å². The van der Waals surface area contributed by atoms with Crippen molar-refractivity contribution < 1.29 is 19.1 Å². The average Bonchev–Trinajstić information content (AvgIpc) is 2.56. The quantitative estimate of drug-likeness (QED) is 0.807. The lowest BCUT2D eigenvalue weighted by molar-refractivity contribution is -0.143. The Kier molecular flexibility index (Phi) is 6.79. The predicted octanol–water partition coefficient (Wildman–Crippen LogP) is 2.92. The Morgan fingerprint density at radius 3 is 2.64 bits per heavy atom. The van der Waals surface area contributed by atoms with Crippen molar-refractivity contribution in [1.29, 1.82) is 0 Å². The lowest BCUT2D eigenvalue weighted by atomic mass is 9.93. The van der Waals surface area contributed by atoms with Gasteiger partial charge in [0, 0.05) is 19.6 Å². The number of hydrogen-bond donors (Lipinski definition) is 2. The topological polar surface area (TPSA) is 69.6 Å². The van der Waals surface area contributed by atoms with Crippen LogP contribution in [-0.2, 0) is 16.1 Å². The Morgan fingerprint density at radius 2 is 2.12 bits per heavy atom. The van der Waals surface area contributed by atoms with Crippen molar-refractivity contribution in [2.75, 3.05) is 13.1 Å². The van der Waals surface area contributed by atoms with Crippen LogP contribution in [0, 0.1) is 17.7 Å². The molecule has 1 aliphatic rings. The summed E-state index contributed by atoms with van der Waals surface area (Å²) >= 11 is 5.83. The van der Waals surface area contributed by atoms with Gasteiger partial charge in [-0.25, -0.2) is 4.39 Å². The zero-order valence-electron chi connectivity index (χ0n) is 14.5. The number of rotatable bonds is 6. The molecule has 0 radical (unpaired) electrons. The summed E-state index contributed by atoms with van der Waals surface area (Å²) < 4.78 is 13.3. The smallest absolute Gasteiger partial charge is 0.320 e. The van der Waals surface area contributed by atoms with Crippen LogP contribution in [0.4, 0.5) is 4.39 Å². The minimum absolute atomic E-state index is 0.00881. The fourth-order valence-electron chi connectivity index (χ4n) is 3.07. The van der Waals surface area contributed by atoms with Crippen molar-refractivity contribution in [2.24, 2.45) is 11.8 Å². The molecule has 1 fully saturated rings. The van der Waals surface area contributed by atoms with Gasteiger partial charge in [0.1, 0.15) is 11.9 Å². The molecule has 1 saturated heterocycles. The normalized spacial score (nSPS) is 20.5. The fourth-order valence-corrected chi connectivity index (χ4v) is 3.27. The van der Waals surface area contributed by atoms with Gasteiger partial charge in [-0.3, -0.25) is 9.59 Å². The van der Waals surface area contributed by atoms with Gasteiger partial charge in [-0.1, -0.05) is 31.5 Å². The molecule has 7 heteroatoms. The molecule has 0 saturated carbocycles. The second kappa shape index (κ2) is 8.63. The first-order chi connectivity index (χ1) is 11.8. The van der Waals surface area contributed by atoms with Crippen molar-refractivity contribution in [3.8, 4) is 0 Å². The van der Waals surface area contributed by atoms with E-state index in [1.165, 1.54) is 12.1 Å². The zero-order valence-corrected chi connectivity index (χ0v) is 15.2. The van der Waals surface area contributed by atoms with Crippen molar-refractivity contribution in [1.82, 2.24) is 10.2 Å². The molecule has 2 rings (SSSR count). The maximum Gasteiger partial charge on any atom is 0.320 e. The first-order valence-electron chi connectivity index (χ1n) is 8.46. The van der Waals surface area contributed by atoms with Crippen LogP contribution in [0.1, 0.15) is 32.3 Å². The van der Waals surface area contributed by atoms with Gasteiger partial charge in [-0.2, -0.15) is 0 Å². The summed E-state index contributed by atoms with van der Waals surface area (Å²) in [4.78, 5) is 25.7. The number of carbonyl (C=O) groups excluding carboxylic acids is 1. The Morgan fingerprint density at radius 1 is 1.40 bits per heavy atom. The van der Waals surface area contributed by atoms with Crippen LogP contribution in [-0.4, -0.2) is 41.0 Å². The molecule has 0 bridgehead atoms. The van der Waals surface area contributed by atoms with Gasteiger partial charge in [0.15, 0.2) is 0 Å². The molecule has 0 aromatic heterocycles. The molecule has 1 heterocycles. The van der Waals surface area contributed by atoms with E-state index in [0.29, 0.717) is 32.5 Å². The largest absolute Gasteiger partial charge is 0.480 e. The number of nitrogens with one attached hydrogen (secondary N) is 1. The van der Waals surface area contributed by atoms with Crippen LogP contribution in [0.2, 0.25) is 5.02 Å². The summed E-state index contributed by atoms with van der Waals surface area (Å²) in [5.41, 5.74) is 0.771. The molecule has 2 atom stereocenters. The fraction of sp³-hybridized carbons (Fsp3) is 0.556. The summed E-state index contributed by atoms with van der Waals surface area (Å²) in [6, 6.07) is 3.88. The van der Waals surface area contributed by atoms with Crippen LogP contribution < -0.4 is 5.32 Å². The second-order valence-electron chi connectivity index (χ2n) is 6.93. The molecule has 1 aromatic carbocycles. The summed E-state index contributed by atoms with van der Waals surface area (Å²) in [5.74, 6) is -1.34. The van der Waals surface area contributed by atoms with Crippen LogP contribution in [0.3, 0.4) is 0 Å². The summed E-state index contributed by atoms with van der Waals surface area (Å²) in [6.07, 6.45) is 0.977. The average molecular weight is 371 g/mol. The Hall–Kier alpha value is -1.66. The third kappa shape index (κ3) is 5.41. The number of aliphatic carboxylic acids is 1. The highest BCUT2D eigenvalue weighted by atomic mass is 35.5. The molecule has 138 valence electrons. The number of carboxylic acid groups (broad SMARTS) is 1. The molecule has 5 nitrogen and oxygen atoms in total. The van der Waals surface area contributed by atoms with Gasteiger partial charge < -0.3 is 15.3 Å². The third-order valence-corrected chi connectivity index (χ3v) is 4.61. The molecule has 2 N–H and O–H groups in total. The molecule has 0 spiro atoms. The van der Waals surface area contributed by atoms with Gasteiger partial charge in [0.25, 0.3) is 0 Å². The first-order valence-corrected chi connectivity index (χ1v) is 8.84. The molecular formula is C18H24ClFN2O3. The van der Waals surface area contributed by atoms with Crippen molar-refractivity contribution in [2.45, 2.75) is 39.3 Å². The molecule has 25 heavy (non-hydrogen) atoms. The summed E-state index contributed by atoms with van der Waals surface area (Å²) in [5, 5.41) is 12.0. The number of nitrogens with zero attached hydrogens (tertiary/aromatic N) is 1. The van der Waals surface area contributed by atoms with Gasteiger partial charge in [0.2, 0.25) is 5.91 Å². The molecule has 1 amide bonds. The first kappa shape index (κ1) is 19.7. The monoisotopic (exact) mass is 370 g/mol. The molecule has 0 aliphatic carbocycles. The van der Waals surface area contributed by atoms with Crippen molar-refractivity contribution in [3.63, 3.8) is 0 Å². The van der Waals surface area contributed by atoms with E-state index in [-0.39, 0.29) is 22.8 Å². The van der Waals surface area contributed by atoms with Crippen LogP contribution in [0.25, 0.3) is 0 Å². The minimum Gasteiger partial charge on any atom is -0.480 e. The maximum atomic E-state index is 13.3. The van der Waals surface area contributed by atoms with Gasteiger partial charge >= 0.3 is 5.97 Å².